The molecule has 3 aromatic heterocycles. The van der Waals surface area contributed by atoms with E-state index in [2.05, 4.69) is 30.6 Å². The van der Waals surface area contributed by atoms with Crippen LogP contribution in [0.4, 0.5) is 5.95 Å². The van der Waals surface area contributed by atoms with E-state index < -0.39 is 0 Å². The summed E-state index contributed by atoms with van der Waals surface area (Å²) in [6.45, 7) is 1.86. The third-order valence-corrected chi connectivity index (χ3v) is 4.28. The molecule has 0 saturated carbocycles. The number of benzene rings is 1. The summed E-state index contributed by atoms with van der Waals surface area (Å²) in [6.07, 6.45) is 3.08. The zero-order valence-corrected chi connectivity index (χ0v) is 16.0. The average Bonchev–Trinajstić information content (AvgIpc) is 3.35. The van der Waals surface area contributed by atoms with Crippen molar-refractivity contribution in [2.45, 2.75) is 26.2 Å². The second-order valence-corrected chi connectivity index (χ2v) is 6.38. The number of nitrogens with zero attached hydrogens (tertiary/aromatic N) is 6. The molecule has 10 nitrogen and oxygen atoms in total. The number of amides is 1. The van der Waals surface area contributed by atoms with E-state index in [4.69, 9.17) is 9.26 Å². The van der Waals surface area contributed by atoms with E-state index >= 15 is 0 Å². The van der Waals surface area contributed by atoms with E-state index in [0.717, 1.165) is 11.3 Å². The lowest BCUT2D eigenvalue weighted by Gasteiger charge is -2.03. The van der Waals surface area contributed by atoms with Crippen LogP contribution in [0.15, 0.2) is 41.1 Å². The van der Waals surface area contributed by atoms with Gasteiger partial charge in [-0.05, 0) is 31.5 Å². The van der Waals surface area contributed by atoms with Gasteiger partial charge in [-0.1, -0.05) is 17.3 Å². The fraction of sp³-hybridized carbons (Fsp3) is 0.263. The molecule has 1 aromatic carbocycles. The maximum Gasteiger partial charge on any atom is 0.256 e. The molecule has 1 N–H and O–H groups in total. The minimum atomic E-state index is -0.177. The van der Waals surface area contributed by atoms with E-state index in [1.165, 1.54) is 0 Å². The van der Waals surface area contributed by atoms with Gasteiger partial charge >= 0.3 is 0 Å². The topological polar surface area (TPSA) is 120 Å². The summed E-state index contributed by atoms with van der Waals surface area (Å²) in [6, 6.07) is 9.27. The number of methoxy groups -OCH3 is 1. The minimum Gasteiger partial charge on any atom is -0.496 e. The van der Waals surface area contributed by atoms with Crippen molar-refractivity contribution in [1.29, 1.82) is 0 Å². The molecule has 3 heterocycles. The zero-order valence-electron chi connectivity index (χ0n) is 16.0. The first-order chi connectivity index (χ1) is 14.1. The van der Waals surface area contributed by atoms with Gasteiger partial charge in [0.1, 0.15) is 5.75 Å². The van der Waals surface area contributed by atoms with Crippen molar-refractivity contribution in [2.75, 3.05) is 12.4 Å². The lowest BCUT2D eigenvalue weighted by molar-refractivity contribution is -0.116. The van der Waals surface area contributed by atoms with Crippen LogP contribution in [0.25, 0.3) is 17.2 Å². The highest BCUT2D eigenvalue weighted by atomic mass is 16.5. The first kappa shape index (κ1) is 18.5. The molecular formula is C19H19N7O3. The van der Waals surface area contributed by atoms with Gasteiger partial charge in [0.05, 0.1) is 12.7 Å². The quantitative estimate of drug-likeness (QED) is 0.508. The lowest BCUT2D eigenvalue weighted by Crippen LogP contribution is -2.14. The Balaban J connectivity index is 1.33. The number of anilines is 1. The second-order valence-electron chi connectivity index (χ2n) is 6.38. The van der Waals surface area contributed by atoms with Gasteiger partial charge in [0.2, 0.25) is 23.6 Å². The van der Waals surface area contributed by atoms with Crippen LogP contribution in [-0.2, 0) is 11.2 Å². The minimum absolute atomic E-state index is 0.177. The number of aromatic nitrogens is 6. The standard InChI is InChI=1S/C19H19N7O3/c1-12-10-11-26-18(20-12)23-24-19(26)21-15(27)8-5-9-16-22-17(25-29-16)13-6-3-4-7-14(13)28-2/h3-4,6-7,10-11H,5,8-9H2,1-2H3,(H,21,24,27). The molecule has 0 atom stereocenters. The van der Waals surface area contributed by atoms with Crippen LogP contribution in [0, 0.1) is 6.92 Å². The predicted octanol–water partition coefficient (Wildman–Crippen LogP) is 2.45. The van der Waals surface area contributed by atoms with E-state index in [1.54, 1.807) is 17.7 Å². The maximum absolute atomic E-state index is 12.2. The Morgan fingerprint density at radius 3 is 2.93 bits per heavy atom. The molecule has 4 rings (SSSR count). The van der Waals surface area contributed by atoms with Gasteiger partial charge in [-0.15, -0.1) is 10.2 Å². The number of carbonyl (C=O) groups excluding carboxylic acids is 1. The lowest BCUT2D eigenvalue weighted by atomic mass is 10.2. The molecule has 0 saturated heterocycles. The Bertz CT molecular complexity index is 1150. The van der Waals surface area contributed by atoms with Gasteiger partial charge in [0.25, 0.3) is 5.78 Å². The molecule has 0 fully saturated rings. The van der Waals surface area contributed by atoms with E-state index in [0.29, 0.717) is 42.0 Å². The SMILES string of the molecule is COc1ccccc1-c1noc(CCCC(=O)Nc2nnc3nc(C)ccn23)n1. The number of fused-ring (bicyclic) bond motifs is 1. The van der Waals surface area contributed by atoms with Gasteiger partial charge < -0.3 is 9.26 Å². The Labute approximate surface area is 165 Å². The van der Waals surface area contributed by atoms with Crippen LogP contribution in [0.5, 0.6) is 5.75 Å². The van der Waals surface area contributed by atoms with E-state index in [9.17, 15) is 4.79 Å². The van der Waals surface area contributed by atoms with Crippen LogP contribution in [-0.4, -0.2) is 42.7 Å². The van der Waals surface area contributed by atoms with Gasteiger partial charge in [-0.3, -0.25) is 14.5 Å². The summed E-state index contributed by atoms with van der Waals surface area (Å²) < 4.78 is 12.2. The van der Waals surface area contributed by atoms with Crippen molar-refractivity contribution in [2.24, 2.45) is 0 Å². The highest BCUT2D eigenvalue weighted by Gasteiger charge is 2.14. The molecule has 0 aliphatic rings. The number of hydrogen-bond acceptors (Lipinski definition) is 8. The van der Waals surface area contributed by atoms with Gasteiger partial charge in [-0.25, -0.2) is 4.98 Å². The van der Waals surface area contributed by atoms with Crippen LogP contribution < -0.4 is 10.1 Å². The number of ether oxygens (including phenoxy) is 1. The Hall–Kier alpha value is -3.82. The number of hydrogen-bond donors (Lipinski definition) is 1. The van der Waals surface area contributed by atoms with Crippen molar-refractivity contribution in [3.8, 4) is 17.1 Å². The molecule has 0 unspecified atom stereocenters. The van der Waals surface area contributed by atoms with Gasteiger partial charge in [0.15, 0.2) is 0 Å². The fourth-order valence-corrected chi connectivity index (χ4v) is 2.84. The summed E-state index contributed by atoms with van der Waals surface area (Å²) >= 11 is 0. The molecule has 29 heavy (non-hydrogen) atoms. The largest absolute Gasteiger partial charge is 0.496 e. The zero-order chi connectivity index (χ0) is 20.2. The number of nitrogens with one attached hydrogen (secondary N) is 1. The number of carbonyl (C=O) groups is 1. The molecule has 0 aliphatic heterocycles. The summed E-state index contributed by atoms with van der Waals surface area (Å²) in [7, 11) is 1.59. The van der Waals surface area contributed by atoms with Crippen LogP contribution in [0.3, 0.4) is 0 Å². The monoisotopic (exact) mass is 393 g/mol. The second kappa shape index (κ2) is 8.05. The highest BCUT2D eigenvalue weighted by Crippen LogP contribution is 2.27. The predicted molar refractivity (Wildman–Crippen MR) is 103 cm³/mol. The summed E-state index contributed by atoms with van der Waals surface area (Å²) in [4.78, 5) is 20.9. The Morgan fingerprint density at radius 2 is 2.07 bits per heavy atom. The molecule has 1 amide bonds. The summed E-state index contributed by atoms with van der Waals surface area (Å²) in [5.74, 6) is 2.20. The molecule has 148 valence electrons. The smallest absolute Gasteiger partial charge is 0.256 e. The first-order valence-corrected chi connectivity index (χ1v) is 9.08. The van der Waals surface area contributed by atoms with Crippen molar-refractivity contribution in [3.05, 3.63) is 48.1 Å². The average molecular weight is 393 g/mol. The number of rotatable bonds is 7. The molecule has 0 radical (unpaired) electrons. The normalized spacial score (nSPS) is 11.0. The fourth-order valence-electron chi connectivity index (χ4n) is 2.84. The third-order valence-electron chi connectivity index (χ3n) is 4.28. The molecule has 4 aromatic rings. The van der Waals surface area contributed by atoms with Gasteiger partial charge in [-0.2, -0.15) is 4.98 Å². The molecule has 0 spiro atoms. The Kier molecular flexibility index (Phi) is 5.14. The van der Waals surface area contributed by atoms with Crippen molar-refractivity contribution in [1.82, 2.24) is 29.7 Å². The van der Waals surface area contributed by atoms with E-state index in [1.807, 2.05) is 37.3 Å². The Morgan fingerprint density at radius 1 is 1.21 bits per heavy atom. The highest BCUT2D eigenvalue weighted by molar-refractivity contribution is 5.89. The van der Waals surface area contributed by atoms with Crippen molar-refractivity contribution >= 4 is 17.6 Å². The molecule has 0 aliphatic carbocycles. The number of aryl methyl sites for hydroxylation is 2. The van der Waals surface area contributed by atoms with Crippen molar-refractivity contribution < 1.29 is 14.1 Å². The van der Waals surface area contributed by atoms with Crippen LogP contribution >= 0.6 is 0 Å². The number of para-hydroxylation sites is 1. The summed E-state index contributed by atoms with van der Waals surface area (Å²) in [5, 5.41) is 14.7. The van der Waals surface area contributed by atoms with Crippen LogP contribution in [0.1, 0.15) is 24.4 Å². The van der Waals surface area contributed by atoms with Crippen LogP contribution in [0.2, 0.25) is 0 Å². The van der Waals surface area contributed by atoms with E-state index in [-0.39, 0.29) is 12.3 Å². The molecule has 0 bridgehead atoms. The molecule has 10 heteroatoms. The molecular weight excluding hydrogens is 374 g/mol. The summed E-state index contributed by atoms with van der Waals surface area (Å²) in [5.41, 5.74) is 1.58. The van der Waals surface area contributed by atoms with Crippen molar-refractivity contribution in [3.63, 3.8) is 0 Å². The third kappa shape index (κ3) is 4.05. The maximum atomic E-state index is 12.2. The first-order valence-electron chi connectivity index (χ1n) is 9.08. The van der Waals surface area contributed by atoms with Gasteiger partial charge in [0, 0.05) is 24.7 Å².